The molecule has 1 saturated heterocycles. The number of amides is 1. The van der Waals surface area contributed by atoms with Gasteiger partial charge in [0.1, 0.15) is 11.5 Å². The number of carbonyl (C=O) groups is 1. The van der Waals surface area contributed by atoms with Crippen LogP contribution in [-0.2, 0) is 0 Å². The summed E-state index contributed by atoms with van der Waals surface area (Å²) in [6.45, 7) is 6.28. The summed E-state index contributed by atoms with van der Waals surface area (Å²) in [4.78, 5) is 23.2. The van der Waals surface area contributed by atoms with Crippen molar-refractivity contribution >= 4 is 33.3 Å². The van der Waals surface area contributed by atoms with Crippen LogP contribution in [0.3, 0.4) is 0 Å². The number of aryl methyl sites for hydroxylation is 1. The average molecular weight is 389 g/mol. The fraction of sp³-hybridized carbons (Fsp3) is 0.389. The highest BCUT2D eigenvalue weighted by Crippen LogP contribution is 2.22. The van der Waals surface area contributed by atoms with Crippen LogP contribution in [0.15, 0.2) is 35.1 Å². The van der Waals surface area contributed by atoms with E-state index in [1.165, 1.54) is 12.8 Å². The van der Waals surface area contributed by atoms with Crippen LogP contribution in [0.25, 0.3) is 0 Å². The van der Waals surface area contributed by atoms with Crippen LogP contribution in [0, 0.1) is 12.8 Å². The van der Waals surface area contributed by atoms with Crippen LogP contribution in [0.5, 0.6) is 0 Å². The molecule has 0 bridgehead atoms. The minimum absolute atomic E-state index is 0.253. The Morgan fingerprint density at radius 1 is 1.25 bits per heavy atom. The molecular weight excluding hydrogens is 368 g/mol. The first kappa shape index (κ1) is 16.9. The molecular formula is C18H21BrN4O. The van der Waals surface area contributed by atoms with Gasteiger partial charge in [-0.2, -0.15) is 0 Å². The largest absolute Gasteiger partial charge is 0.355 e. The lowest BCUT2D eigenvalue weighted by Crippen LogP contribution is -2.33. The molecule has 0 atom stereocenters. The lowest BCUT2D eigenvalue weighted by molar-refractivity contribution is 0.102. The first-order valence-electron chi connectivity index (χ1n) is 8.17. The molecule has 1 amide bonds. The number of nitrogens with zero attached hydrogens (tertiary/aromatic N) is 3. The van der Waals surface area contributed by atoms with Crippen molar-refractivity contribution in [3.8, 4) is 0 Å². The van der Waals surface area contributed by atoms with Crippen molar-refractivity contribution in [1.29, 1.82) is 0 Å². The van der Waals surface area contributed by atoms with Crippen LogP contribution in [0.4, 0.5) is 11.5 Å². The normalized spacial score (nSPS) is 15.4. The lowest BCUT2D eigenvalue weighted by Gasteiger charge is -2.30. The van der Waals surface area contributed by atoms with Gasteiger partial charge in [-0.15, -0.1) is 0 Å². The number of piperidine rings is 1. The maximum absolute atomic E-state index is 12.3. The Bertz CT molecular complexity index is 724. The molecule has 3 rings (SSSR count). The number of nitrogens with one attached hydrogen (secondary N) is 1. The summed E-state index contributed by atoms with van der Waals surface area (Å²) < 4.78 is 0.959. The zero-order valence-electron chi connectivity index (χ0n) is 13.9. The molecule has 0 unspecified atom stereocenters. The van der Waals surface area contributed by atoms with Crippen molar-refractivity contribution < 1.29 is 4.79 Å². The standard InChI is InChI=1S/C18H21BrN4O/c1-12-5-7-23(8-6-12)17-11-20-16(10-21-17)18(24)22-14-4-3-13(2)15(19)9-14/h3-4,9-12H,5-8H2,1-2H3,(H,22,24). The fourth-order valence-corrected chi connectivity index (χ4v) is 3.08. The Balaban J connectivity index is 1.66. The van der Waals surface area contributed by atoms with Crippen molar-refractivity contribution in [3.63, 3.8) is 0 Å². The van der Waals surface area contributed by atoms with E-state index in [2.05, 4.69) is 43.0 Å². The zero-order valence-corrected chi connectivity index (χ0v) is 15.5. The minimum Gasteiger partial charge on any atom is -0.355 e. The third-order valence-electron chi connectivity index (χ3n) is 4.41. The summed E-state index contributed by atoms with van der Waals surface area (Å²) in [6.07, 6.45) is 5.58. The molecule has 2 heterocycles. The van der Waals surface area contributed by atoms with E-state index in [-0.39, 0.29) is 5.91 Å². The molecule has 1 aliphatic heterocycles. The summed E-state index contributed by atoms with van der Waals surface area (Å²) in [7, 11) is 0. The molecule has 1 aromatic heterocycles. The van der Waals surface area contributed by atoms with Gasteiger partial charge in [-0.25, -0.2) is 9.97 Å². The lowest BCUT2D eigenvalue weighted by atomic mass is 9.99. The first-order chi connectivity index (χ1) is 11.5. The summed E-state index contributed by atoms with van der Waals surface area (Å²) >= 11 is 3.47. The molecule has 126 valence electrons. The van der Waals surface area contributed by atoms with Gasteiger partial charge in [0.05, 0.1) is 12.4 Å². The van der Waals surface area contributed by atoms with Crippen molar-refractivity contribution in [2.24, 2.45) is 5.92 Å². The predicted molar refractivity (Wildman–Crippen MR) is 99.5 cm³/mol. The highest BCUT2D eigenvalue weighted by Gasteiger charge is 2.18. The Kier molecular flexibility index (Phi) is 5.14. The molecule has 0 spiro atoms. The van der Waals surface area contributed by atoms with E-state index in [4.69, 9.17) is 0 Å². The number of benzene rings is 1. The van der Waals surface area contributed by atoms with Crippen LogP contribution in [-0.4, -0.2) is 29.0 Å². The molecule has 1 aliphatic rings. The van der Waals surface area contributed by atoms with Gasteiger partial charge in [0.15, 0.2) is 0 Å². The van der Waals surface area contributed by atoms with Gasteiger partial charge < -0.3 is 10.2 Å². The number of carbonyl (C=O) groups excluding carboxylic acids is 1. The molecule has 0 radical (unpaired) electrons. The summed E-state index contributed by atoms with van der Waals surface area (Å²) in [5, 5.41) is 2.85. The molecule has 1 aromatic carbocycles. The van der Waals surface area contributed by atoms with Gasteiger partial charge in [-0.05, 0) is 43.4 Å². The zero-order chi connectivity index (χ0) is 17.1. The van der Waals surface area contributed by atoms with Crippen LogP contribution >= 0.6 is 15.9 Å². The number of halogens is 1. The molecule has 6 heteroatoms. The Morgan fingerprint density at radius 2 is 2.00 bits per heavy atom. The molecule has 0 saturated carbocycles. The average Bonchev–Trinajstić information content (AvgIpc) is 2.59. The molecule has 24 heavy (non-hydrogen) atoms. The van der Waals surface area contributed by atoms with Crippen LogP contribution in [0.1, 0.15) is 35.8 Å². The fourth-order valence-electron chi connectivity index (χ4n) is 2.71. The molecule has 1 fully saturated rings. The van der Waals surface area contributed by atoms with E-state index in [0.717, 1.165) is 40.5 Å². The van der Waals surface area contributed by atoms with Gasteiger partial charge in [0.25, 0.3) is 5.91 Å². The second-order valence-electron chi connectivity index (χ2n) is 6.35. The smallest absolute Gasteiger partial charge is 0.275 e. The number of aromatic nitrogens is 2. The highest BCUT2D eigenvalue weighted by atomic mass is 79.9. The van der Waals surface area contributed by atoms with Crippen LogP contribution in [0.2, 0.25) is 0 Å². The highest BCUT2D eigenvalue weighted by molar-refractivity contribution is 9.10. The molecule has 2 aromatic rings. The second-order valence-corrected chi connectivity index (χ2v) is 7.20. The van der Waals surface area contributed by atoms with Crippen molar-refractivity contribution in [2.45, 2.75) is 26.7 Å². The molecule has 0 aliphatic carbocycles. The Morgan fingerprint density at radius 3 is 2.62 bits per heavy atom. The van der Waals surface area contributed by atoms with E-state index in [1.807, 2.05) is 25.1 Å². The predicted octanol–water partition coefficient (Wildman–Crippen LogP) is 4.04. The molecule has 5 nitrogen and oxygen atoms in total. The van der Waals surface area contributed by atoms with Gasteiger partial charge in [0, 0.05) is 23.2 Å². The Hall–Kier alpha value is -1.95. The van der Waals surface area contributed by atoms with E-state index in [0.29, 0.717) is 5.69 Å². The van der Waals surface area contributed by atoms with E-state index >= 15 is 0 Å². The quantitative estimate of drug-likeness (QED) is 0.861. The third-order valence-corrected chi connectivity index (χ3v) is 5.26. The van der Waals surface area contributed by atoms with E-state index in [1.54, 1.807) is 12.4 Å². The van der Waals surface area contributed by atoms with Gasteiger partial charge in [0.2, 0.25) is 0 Å². The summed E-state index contributed by atoms with van der Waals surface area (Å²) in [5.74, 6) is 1.36. The maximum atomic E-state index is 12.3. The first-order valence-corrected chi connectivity index (χ1v) is 8.97. The number of rotatable bonds is 3. The second kappa shape index (κ2) is 7.30. The molecule has 1 N–H and O–H groups in total. The van der Waals surface area contributed by atoms with Gasteiger partial charge in [-0.3, -0.25) is 4.79 Å². The topological polar surface area (TPSA) is 58.1 Å². The number of anilines is 2. The summed E-state index contributed by atoms with van der Waals surface area (Å²) in [5.41, 5.74) is 2.17. The third kappa shape index (κ3) is 3.93. The number of hydrogen-bond donors (Lipinski definition) is 1. The van der Waals surface area contributed by atoms with Gasteiger partial charge in [-0.1, -0.05) is 28.9 Å². The van der Waals surface area contributed by atoms with Crippen LogP contribution < -0.4 is 10.2 Å². The number of hydrogen-bond acceptors (Lipinski definition) is 4. The minimum atomic E-state index is -0.253. The maximum Gasteiger partial charge on any atom is 0.275 e. The van der Waals surface area contributed by atoms with Crippen molar-refractivity contribution in [1.82, 2.24) is 9.97 Å². The SMILES string of the molecule is Cc1ccc(NC(=O)c2cnc(N3CCC(C)CC3)cn2)cc1Br. The van der Waals surface area contributed by atoms with E-state index < -0.39 is 0 Å². The van der Waals surface area contributed by atoms with Gasteiger partial charge >= 0.3 is 0 Å². The van der Waals surface area contributed by atoms with Crippen molar-refractivity contribution in [2.75, 3.05) is 23.3 Å². The van der Waals surface area contributed by atoms with Crippen molar-refractivity contribution in [3.05, 3.63) is 46.3 Å². The van der Waals surface area contributed by atoms with E-state index in [9.17, 15) is 4.79 Å². The Labute approximate surface area is 150 Å². The summed E-state index contributed by atoms with van der Waals surface area (Å²) in [6, 6.07) is 5.70. The monoisotopic (exact) mass is 388 g/mol.